The predicted octanol–water partition coefficient (Wildman–Crippen LogP) is 4.47. The number of aryl methyl sites for hydroxylation is 1. The standard InChI is InChI=1S/C16H14F3OP/c1-3-21(20,14-8-4-12(2)5-9-14)15-10-6-13(7-11-15)16(17,18)19/h3-11H,1H2,2H3. The summed E-state index contributed by atoms with van der Waals surface area (Å²) in [4.78, 5) is 0. The number of hydrogen-bond donors (Lipinski definition) is 0. The third kappa shape index (κ3) is 3.11. The molecular weight excluding hydrogens is 296 g/mol. The Morgan fingerprint density at radius 1 is 0.952 bits per heavy atom. The van der Waals surface area contributed by atoms with E-state index in [9.17, 15) is 17.7 Å². The zero-order chi connectivity index (χ0) is 15.7. The molecule has 2 aromatic carbocycles. The Bertz CT molecular complexity index is 685. The van der Waals surface area contributed by atoms with Gasteiger partial charge >= 0.3 is 6.18 Å². The number of rotatable bonds is 3. The maximum absolute atomic E-state index is 13.1. The smallest absolute Gasteiger partial charge is 0.309 e. The molecule has 0 amide bonds. The third-order valence-electron chi connectivity index (χ3n) is 3.25. The van der Waals surface area contributed by atoms with E-state index in [1.807, 2.05) is 19.1 Å². The summed E-state index contributed by atoms with van der Waals surface area (Å²) in [7, 11) is -3.10. The van der Waals surface area contributed by atoms with Gasteiger partial charge in [0.1, 0.15) is 0 Å². The molecule has 0 spiro atoms. The van der Waals surface area contributed by atoms with Gasteiger partial charge in [0.05, 0.1) is 5.56 Å². The summed E-state index contributed by atoms with van der Waals surface area (Å²) in [5.41, 5.74) is 0.257. The van der Waals surface area contributed by atoms with Crippen molar-refractivity contribution >= 4 is 17.8 Å². The minimum absolute atomic E-state index is 0.342. The molecule has 1 atom stereocenters. The first-order valence-electron chi connectivity index (χ1n) is 6.26. The molecule has 0 saturated heterocycles. The first-order chi connectivity index (χ1) is 9.77. The maximum Gasteiger partial charge on any atom is 0.416 e. The highest BCUT2D eigenvalue weighted by Crippen LogP contribution is 2.44. The molecule has 0 aliphatic heterocycles. The van der Waals surface area contributed by atoms with Crippen molar-refractivity contribution in [1.82, 2.24) is 0 Å². The first-order valence-corrected chi connectivity index (χ1v) is 8.03. The van der Waals surface area contributed by atoms with Crippen LogP contribution in [-0.2, 0) is 10.7 Å². The molecular formula is C16H14F3OP. The van der Waals surface area contributed by atoms with Gasteiger partial charge in [-0.05, 0) is 24.9 Å². The van der Waals surface area contributed by atoms with E-state index in [1.54, 1.807) is 12.1 Å². The number of halogens is 3. The first kappa shape index (κ1) is 15.6. The van der Waals surface area contributed by atoms with E-state index < -0.39 is 18.9 Å². The average Bonchev–Trinajstić information content (AvgIpc) is 2.46. The molecule has 0 aliphatic carbocycles. The largest absolute Gasteiger partial charge is 0.416 e. The second-order valence-electron chi connectivity index (χ2n) is 4.72. The van der Waals surface area contributed by atoms with Gasteiger partial charge in [0.2, 0.25) is 0 Å². The fourth-order valence-corrected chi connectivity index (χ4v) is 3.90. The molecule has 0 bridgehead atoms. The van der Waals surface area contributed by atoms with Crippen molar-refractivity contribution < 1.29 is 17.7 Å². The molecule has 110 valence electrons. The highest BCUT2D eigenvalue weighted by Gasteiger charge is 2.31. The van der Waals surface area contributed by atoms with Crippen LogP contribution in [0.4, 0.5) is 13.2 Å². The van der Waals surface area contributed by atoms with Gasteiger partial charge in [-0.15, -0.1) is 0 Å². The molecule has 1 nitrogen and oxygen atoms in total. The molecule has 5 heteroatoms. The summed E-state index contributed by atoms with van der Waals surface area (Å²) >= 11 is 0. The monoisotopic (exact) mass is 310 g/mol. The molecule has 1 unspecified atom stereocenters. The maximum atomic E-state index is 13.1. The Hall–Kier alpha value is -1.80. The van der Waals surface area contributed by atoms with Crippen LogP contribution in [0.15, 0.2) is 60.9 Å². The van der Waals surface area contributed by atoms with Crippen molar-refractivity contribution in [1.29, 1.82) is 0 Å². The average molecular weight is 310 g/mol. The summed E-state index contributed by atoms with van der Waals surface area (Å²) in [5.74, 6) is 1.32. The Labute approximate surface area is 121 Å². The zero-order valence-corrected chi connectivity index (χ0v) is 12.3. The van der Waals surface area contributed by atoms with E-state index in [2.05, 4.69) is 6.58 Å². The van der Waals surface area contributed by atoms with E-state index in [1.165, 1.54) is 17.9 Å². The Balaban J connectivity index is 2.48. The van der Waals surface area contributed by atoms with Crippen LogP contribution in [0, 0.1) is 6.92 Å². The van der Waals surface area contributed by atoms with E-state index >= 15 is 0 Å². The van der Waals surface area contributed by atoms with Crippen molar-refractivity contribution in [2.24, 2.45) is 0 Å². The van der Waals surface area contributed by atoms with Crippen molar-refractivity contribution in [2.75, 3.05) is 0 Å². The van der Waals surface area contributed by atoms with Crippen LogP contribution in [0.2, 0.25) is 0 Å². The van der Waals surface area contributed by atoms with Crippen LogP contribution in [-0.4, -0.2) is 0 Å². The molecule has 0 radical (unpaired) electrons. The second-order valence-corrected chi connectivity index (χ2v) is 7.43. The van der Waals surface area contributed by atoms with Crippen molar-refractivity contribution in [2.45, 2.75) is 13.1 Å². The quantitative estimate of drug-likeness (QED) is 0.764. The Morgan fingerprint density at radius 2 is 1.38 bits per heavy atom. The summed E-state index contributed by atoms with van der Waals surface area (Å²) in [5, 5.41) is 0.900. The number of alkyl halides is 3. The molecule has 0 aliphatic rings. The van der Waals surface area contributed by atoms with Gasteiger partial charge in [-0.3, -0.25) is 0 Å². The van der Waals surface area contributed by atoms with Gasteiger partial charge in [-0.2, -0.15) is 13.2 Å². The van der Waals surface area contributed by atoms with Gasteiger partial charge in [0, 0.05) is 10.6 Å². The minimum Gasteiger partial charge on any atom is -0.309 e. The molecule has 0 saturated carbocycles. The van der Waals surface area contributed by atoms with E-state index in [0.717, 1.165) is 17.7 Å². The van der Waals surface area contributed by atoms with Crippen LogP contribution in [0.5, 0.6) is 0 Å². The van der Waals surface area contributed by atoms with Crippen LogP contribution in [0.3, 0.4) is 0 Å². The van der Waals surface area contributed by atoms with Crippen LogP contribution in [0.25, 0.3) is 0 Å². The molecule has 0 fully saturated rings. The minimum atomic E-state index is -4.40. The van der Waals surface area contributed by atoms with Crippen LogP contribution in [0.1, 0.15) is 11.1 Å². The molecule has 0 aromatic heterocycles. The Morgan fingerprint density at radius 3 is 1.76 bits per heavy atom. The lowest BCUT2D eigenvalue weighted by Gasteiger charge is -2.16. The topological polar surface area (TPSA) is 17.1 Å². The van der Waals surface area contributed by atoms with Crippen LogP contribution < -0.4 is 10.6 Å². The van der Waals surface area contributed by atoms with E-state index in [4.69, 9.17) is 0 Å². The van der Waals surface area contributed by atoms with Gasteiger partial charge in [-0.1, -0.05) is 48.5 Å². The van der Waals surface area contributed by atoms with Crippen molar-refractivity contribution in [3.8, 4) is 0 Å². The summed E-state index contributed by atoms with van der Waals surface area (Å²) in [6.45, 7) is 5.50. The van der Waals surface area contributed by atoms with Crippen molar-refractivity contribution in [3.05, 3.63) is 72.1 Å². The lowest BCUT2D eigenvalue weighted by molar-refractivity contribution is -0.137. The highest BCUT2D eigenvalue weighted by molar-refractivity contribution is 7.81. The second kappa shape index (κ2) is 5.53. The highest BCUT2D eigenvalue weighted by atomic mass is 31.2. The molecule has 0 heterocycles. The predicted molar refractivity (Wildman–Crippen MR) is 79.7 cm³/mol. The van der Waals surface area contributed by atoms with Crippen molar-refractivity contribution in [3.63, 3.8) is 0 Å². The summed E-state index contributed by atoms with van der Waals surface area (Å²) < 4.78 is 50.8. The van der Waals surface area contributed by atoms with Gasteiger partial charge in [0.15, 0.2) is 7.14 Å². The SMILES string of the molecule is C=CP(=O)(c1ccc(C)cc1)c1ccc(C(F)(F)F)cc1. The number of benzene rings is 2. The third-order valence-corrected chi connectivity index (χ3v) is 5.90. The van der Waals surface area contributed by atoms with Gasteiger partial charge in [0.25, 0.3) is 0 Å². The summed E-state index contributed by atoms with van der Waals surface area (Å²) in [6, 6.07) is 11.5. The summed E-state index contributed by atoms with van der Waals surface area (Å²) in [6.07, 6.45) is -4.40. The van der Waals surface area contributed by atoms with E-state index in [0.29, 0.717) is 10.6 Å². The lowest BCUT2D eigenvalue weighted by Crippen LogP contribution is -2.15. The molecule has 0 N–H and O–H groups in total. The Kier molecular flexibility index (Phi) is 4.11. The molecule has 21 heavy (non-hydrogen) atoms. The molecule has 2 aromatic rings. The zero-order valence-electron chi connectivity index (χ0n) is 11.4. The van der Waals surface area contributed by atoms with E-state index in [-0.39, 0.29) is 0 Å². The fraction of sp³-hybridized carbons (Fsp3) is 0.125. The number of hydrogen-bond acceptors (Lipinski definition) is 1. The lowest BCUT2D eigenvalue weighted by atomic mass is 10.2. The van der Waals surface area contributed by atoms with Crippen LogP contribution >= 0.6 is 7.14 Å². The molecule has 2 rings (SSSR count). The normalized spacial score (nSPS) is 14.5. The van der Waals surface area contributed by atoms with Gasteiger partial charge < -0.3 is 4.57 Å². The van der Waals surface area contributed by atoms with Gasteiger partial charge in [-0.25, -0.2) is 0 Å². The fourth-order valence-electron chi connectivity index (χ4n) is 2.00.